The zero-order chi connectivity index (χ0) is 12.2. The molecule has 1 heterocycles. The second-order valence-corrected chi connectivity index (χ2v) is 5.23. The Morgan fingerprint density at radius 1 is 1.44 bits per heavy atom. The van der Waals surface area contributed by atoms with Crippen molar-refractivity contribution in [1.29, 1.82) is 0 Å². The van der Waals surface area contributed by atoms with Crippen LogP contribution in [0.1, 0.15) is 45.7 Å². The Morgan fingerprint density at radius 2 is 2.12 bits per heavy atom. The normalized spacial score (nSPS) is 13.8. The fourth-order valence-corrected chi connectivity index (χ4v) is 1.85. The van der Waals surface area contributed by atoms with Crippen LogP contribution in [0.4, 0.5) is 5.82 Å². The van der Waals surface area contributed by atoms with E-state index in [4.69, 9.17) is 5.73 Å². The summed E-state index contributed by atoms with van der Waals surface area (Å²) in [7, 11) is 0. The Hall–Kier alpha value is -1.09. The second kappa shape index (κ2) is 5.30. The number of nitrogens with two attached hydrogens (primary N) is 1. The van der Waals surface area contributed by atoms with Crippen molar-refractivity contribution in [3.8, 4) is 0 Å². The van der Waals surface area contributed by atoms with Gasteiger partial charge in [0.2, 0.25) is 0 Å². The van der Waals surface area contributed by atoms with Crippen LogP contribution in [0.15, 0.2) is 18.3 Å². The molecule has 90 valence electrons. The maximum atomic E-state index is 5.94. The number of hydrogen-bond acceptors (Lipinski definition) is 3. The van der Waals surface area contributed by atoms with Crippen molar-refractivity contribution in [1.82, 2.24) is 10.3 Å². The van der Waals surface area contributed by atoms with Crippen molar-refractivity contribution in [2.45, 2.75) is 40.2 Å². The van der Waals surface area contributed by atoms with Crippen molar-refractivity contribution >= 4 is 5.82 Å². The molecule has 0 amide bonds. The van der Waals surface area contributed by atoms with Gasteiger partial charge in [0.1, 0.15) is 5.82 Å². The van der Waals surface area contributed by atoms with Gasteiger partial charge in [0.15, 0.2) is 0 Å². The summed E-state index contributed by atoms with van der Waals surface area (Å²) in [6, 6.07) is 4.25. The molecule has 3 heteroatoms. The lowest BCUT2D eigenvalue weighted by atomic mass is 9.82. The second-order valence-electron chi connectivity index (χ2n) is 5.23. The lowest BCUT2D eigenvalue weighted by molar-refractivity contribution is 0.273. The summed E-state index contributed by atoms with van der Waals surface area (Å²) >= 11 is 0. The van der Waals surface area contributed by atoms with E-state index in [-0.39, 0.29) is 11.5 Å². The molecule has 0 saturated carbocycles. The number of rotatable bonds is 4. The zero-order valence-electron chi connectivity index (χ0n) is 10.7. The Kier molecular flexibility index (Phi) is 4.30. The molecule has 16 heavy (non-hydrogen) atoms. The van der Waals surface area contributed by atoms with Crippen LogP contribution in [0.3, 0.4) is 0 Å². The molecular formula is C13H23N3. The van der Waals surface area contributed by atoms with E-state index in [1.165, 1.54) is 0 Å². The molecule has 3 nitrogen and oxygen atoms in total. The molecule has 0 aliphatic heterocycles. The first kappa shape index (κ1) is 13.0. The third kappa shape index (κ3) is 3.20. The molecular weight excluding hydrogens is 198 g/mol. The zero-order valence-corrected chi connectivity index (χ0v) is 10.7. The van der Waals surface area contributed by atoms with E-state index in [1.807, 2.05) is 6.07 Å². The van der Waals surface area contributed by atoms with E-state index < -0.39 is 0 Å². The van der Waals surface area contributed by atoms with E-state index in [0.29, 0.717) is 5.82 Å². The van der Waals surface area contributed by atoms with Gasteiger partial charge in [0.05, 0.1) is 0 Å². The molecule has 1 atom stereocenters. The first-order valence-corrected chi connectivity index (χ1v) is 5.90. The van der Waals surface area contributed by atoms with E-state index in [2.05, 4.69) is 44.1 Å². The van der Waals surface area contributed by atoms with Gasteiger partial charge < -0.3 is 11.1 Å². The van der Waals surface area contributed by atoms with Crippen molar-refractivity contribution < 1.29 is 0 Å². The minimum absolute atomic E-state index is 0.131. The van der Waals surface area contributed by atoms with Gasteiger partial charge in [0.25, 0.3) is 0 Å². The van der Waals surface area contributed by atoms with Crippen molar-refractivity contribution in [2.24, 2.45) is 5.41 Å². The number of nitrogens with zero attached hydrogens (tertiary/aromatic N) is 1. The van der Waals surface area contributed by atoms with Crippen molar-refractivity contribution in [3.05, 3.63) is 23.9 Å². The topological polar surface area (TPSA) is 50.9 Å². The van der Waals surface area contributed by atoms with Gasteiger partial charge in [0, 0.05) is 17.8 Å². The van der Waals surface area contributed by atoms with Gasteiger partial charge in [-0.3, -0.25) is 0 Å². The maximum absolute atomic E-state index is 5.94. The molecule has 1 unspecified atom stereocenters. The van der Waals surface area contributed by atoms with Gasteiger partial charge in [-0.05, 0) is 24.4 Å². The standard InChI is InChI=1S/C13H23N3/c1-5-8-15-11(13(2,3)4)10-7-6-9-16-12(10)14/h6-7,9,11,15H,5,8H2,1-4H3,(H2,14,16). The largest absolute Gasteiger partial charge is 0.383 e. The number of aromatic nitrogens is 1. The fourth-order valence-electron chi connectivity index (χ4n) is 1.85. The predicted molar refractivity (Wildman–Crippen MR) is 69.1 cm³/mol. The summed E-state index contributed by atoms with van der Waals surface area (Å²) in [5.41, 5.74) is 7.17. The predicted octanol–water partition coefficient (Wildman–Crippen LogP) is 2.75. The number of hydrogen-bond donors (Lipinski definition) is 2. The van der Waals surface area contributed by atoms with Crippen LogP contribution in [0.25, 0.3) is 0 Å². The maximum Gasteiger partial charge on any atom is 0.128 e. The number of nitrogens with one attached hydrogen (secondary N) is 1. The highest BCUT2D eigenvalue weighted by atomic mass is 14.9. The average Bonchev–Trinajstić information content (AvgIpc) is 2.19. The Bertz CT molecular complexity index is 328. The number of nitrogen functional groups attached to an aromatic ring is 1. The molecule has 0 saturated heterocycles. The summed E-state index contributed by atoms with van der Waals surface area (Å²) in [4.78, 5) is 4.16. The molecule has 0 radical (unpaired) electrons. The van der Waals surface area contributed by atoms with Gasteiger partial charge in [-0.2, -0.15) is 0 Å². The Labute approximate surface area is 98.5 Å². The summed E-state index contributed by atoms with van der Waals surface area (Å²) in [6.07, 6.45) is 2.85. The van der Waals surface area contributed by atoms with Crippen LogP contribution in [-0.4, -0.2) is 11.5 Å². The third-order valence-electron chi connectivity index (χ3n) is 2.65. The van der Waals surface area contributed by atoms with Gasteiger partial charge in [-0.15, -0.1) is 0 Å². The Morgan fingerprint density at radius 3 is 2.62 bits per heavy atom. The van der Waals surface area contributed by atoms with E-state index >= 15 is 0 Å². The van der Waals surface area contributed by atoms with E-state index in [0.717, 1.165) is 18.5 Å². The minimum atomic E-state index is 0.131. The minimum Gasteiger partial charge on any atom is -0.383 e. The summed E-state index contributed by atoms with van der Waals surface area (Å²) < 4.78 is 0. The van der Waals surface area contributed by atoms with Gasteiger partial charge >= 0.3 is 0 Å². The molecule has 0 spiro atoms. The van der Waals surface area contributed by atoms with Crippen LogP contribution in [0, 0.1) is 5.41 Å². The van der Waals surface area contributed by atoms with Crippen LogP contribution < -0.4 is 11.1 Å². The number of pyridine rings is 1. The third-order valence-corrected chi connectivity index (χ3v) is 2.65. The molecule has 0 fully saturated rings. The quantitative estimate of drug-likeness (QED) is 0.822. The van der Waals surface area contributed by atoms with Crippen LogP contribution in [-0.2, 0) is 0 Å². The van der Waals surface area contributed by atoms with E-state index in [9.17, 15) is 0 Å². The molecule has 0 bridgehead atoms. The molecule has 1 rings (SSSR count). The molecule has 3 N–H and O–H groups in total. The highest BCUT2D eigenvalue weighted by molar-refractivity contribution is 5.41. The first-order valence-electron chi connectivity index (χ1n) is 5.90. The number of anilines is 1. The van der Waals surface area contributed by atoms with Gasteiger partial charge in [-0.1, -0.05) is 33.8 Å². The van der Waals surface area contributed by atoms with Gasteiger partial charge in [-0.25, -0.2) is 4.98 Å². The monoisotopic (exact) mass is 221 g/mol. The van der Waals surface area contributed by atoms with E-state index in [1.54, 1.807) is 6.20 Å². The van der Waals surface area contributed by atoms with Crippen LogP contribution in [0.2, 0.25) is 0 Å². The fraction of sp³-hybridized carbons (Fsp3) is 0.615. The van der Waals surface area contributed by atoms with Crippen molar-refractivity contribution in [3.63, 3.8) is 0 Å². The molecule has 1 aromatic rings. The molecule has 0 aromatic carbocycles. The first-order chi connectivity index (χ1) is 7.46. The average molecular weight is 221 g/mol. The SMILES string of the molecule is CCCNC(c1cccnc1N)C(C)(C)C. The highest BCUT2D eigenvalue weighted by Gasteiger charge is 2.27. The summed E-state index contributed by atoms with van der Waals surface area (Å²) in [5, 5.41) is 3.55. The Balaban J connectivity index is 2.97. The smallest absolute Gasteiger partial charge is 0.128 e. The molecule has 0 aliphatic carbocycles. The molecule has 1 aromatic heterocycles. The lowest BCUT2D eigenvalue weighted by Crippen LogP contribution is -2.33. The van der Waals surface area contributed by atoms with Crippen molar-refractivity contribution in [2.75, 3.05) is 12.3 Å². The molecule has 0 aliphatic rings. The highest BCUT2D eigenvalue weighted by Crippen LogP contribution is 2.34. The van der Waals surface area contributed by atoms with Crippen LogP contribution >= 0.6 is 0 Å². The summed E-state index contributed by atoms with van der Waals surface area (Å²) in [6.45, 7) is 9.81. The lowest BCUT2D eigenvalue weighted by Gasteiger charge is -2.32. The van der Waals surface area contributed by atoms with Crippen LogP contribution in [0.5, 0.6) is 0 Å². The summed E-state index contributed by atoms with van der Waals surface area (Å²) in [5.74, 6) is 0.631.